The van der Waals surface area contributed by atoms with E-state index < -0.39 is 18.0 Å². The van der Waals surface area contributed by atoms with Crippen LogP contribution >= 0.6 is 7.82 Å². The van der Waals surface area contributed by atoms with Crippen LogP contribution in [0.4, 0.5) is 0 Å². The van der Waals surface area contributed by atoms with Crippen molar-refractivity contribution in [1.82, 2.24) is 8.61 Å². The first-order valence-corrected chi connectivity index (χ1v) is 9.60. The Morgan fingerprint density at radius 1 is 0.762 bits per heavy atom. The lowest BCUT2D eigenvalue weighted by molar-refractivity contribution is 0.178. The first kappa shape index (κ1) is 23.2. The van der Waals surface area contributed by atoms with Crippen LogP contribution in [0.15, 0.2) is 0 Å². The summed E-state index contributed by atoms with van der Waals surface area (Å²) in [5, 5.41) is 0. The van der Waals surface area contributed by atoms with E-state index in [1.54, 1.807) is 0 Å². The Bertz CT molecular complexity index is 358. The van der Waals surface area contributed by atoms with Gasteiger partial charge < -0.3 is 0 Å². The highest BCUT2D eigenvalue weighted by Crippen LogP contribution is 2.46. The summed E-state index contributed by atoms with van der Waals surface area (Å²) in [4.78, 5) is 0. The summed E-state index contributed by atoms with van der Waals surface area (Å²) in [5.41, 5.74) is 0. The van der Waals surface area contributed by atoms with Crippen molar-refractivity contribution >= 4 is 18.0 Å². The van der Waals surface area contributed by atoms with E-state index in [0.29, 0.717) is 26.2 Å². The zero-order valence-electron chi connectivity index (χ0n) is 14.0. The fraction of sp³-hybridized carbons (Fsp3) is 1.00. The minimum absolute atomic E-state index is 0.537. The maximum absolute atomic E-state index is 11.8. The molecule has 0 aliphatic carbocycles. The van der Waals surface area contributed by atoms with Crippen LogP contribution in [0.3, 0.4) is 0 Å². The van der Waals surface area contributed by atoms with Crippen molar-refractivity contribution in [3.8, 4) is 0 Å². The number of rotatable bonds is 9. The number of phosphoric ester groups is 1. The fourth-order valence-electron chi connectivity index (χ4n) is 1.49. The van der Waals surface area contributed by atoms with E-state index in [4.69, 9.17) is 0 Å². The van der Waals surface area contributed by atoms with Gasteiger partial charge in [-0.15, -0.1) is 0 Å². The predicted octanol–water partition coefficient (Wildman–Crippen LogP) is 1.95. The van der Waals surface area contributed by atoms with Crippen molar-refractivity contribution in [1.29, 1.82) is 0 Å². The van der Waals surface area contributed by atoms with Crippen LogP contribution < -0.4 is 0 Å². The maximum Gasteiger partial charge on any atom is 0.473 e. The van der Waals surface area contributed by atoms with Gasteiger partial charge in [0, 0.05) is 47.5 Å². The van der Waals surface area contributed by atoms with Gasteiger partial charge in [0.05, 0.1) is 0 Å². The van der Waals surface area contributed by atoms with Gasteiger partial charge in [0.2, 0.25) is 0 Å². The zero-order chi connectivity index (χ0) is 17.1. The molecule has 0 fully saturated rings. The summed E-state index contributed by atoms with van der Waals surface area (Å²) in [5.74, 6) is 0. The van der Waals surface area contributed by atoms with Gasteiger partial charge in [0.1, 0.15) is 0 Å². The third-order valence-corrected chi connectivity index (χ3v) is 6.41. The SMILES string of the molecule is CCN(CC)S(=O)(=O)N(CC)CC.COP(=O)(OC)OC. The summed E-state index contributed by atoms with van der Waals surface area (Å²) in [6.45, 7) is 9.56. The molecule has 0 unspecified atom stereocenters. The van der Waals surface area contributed by atoms with Gasteiger partial charge >= 0.3 is 7.82 Å². The second-order valence-corrected chi connectivity index (χ2v) is 7.59. The van der Waals surface area contributed by atoms with Crippen LogP contribution in [-0.4, -0.2) is 64.5 Å². The van der Waals surface area contributed by atoms with Crippen molar-refractivity contribution in [3.05, 3.63) is 0 Å². The van der Waals surface area contributed by atoms with Gasteiger partial charge in [-0.2, -0.15) is 17.0 Å². The number of hydrogen-bond donors (Lipinski definition) is 0. The third-order valence-electron chi connectivity index (χ3n) is 2.73. The molecule has 0 aromatic heterocycles. The quantitative estimate of drug-likeness (QED) is 0.592. The maximum atomic E-state index is 11.8. The van der Waals surface area contributed by atoms with Crippen molar-refractivity contribution in [2.45, 2.75) is 27.7 Å². The molecule has 130 valence electrons. The smallest absolute Gasteiger partial charge is 0.290 e. The van der Waals surface area contributed by atoms with E-state index in [9.17, 15) is 13.0 Å². The lowest BCUT2D eigenvalue weighted by Crippen LogP contribution is -2.43. The fourth-order valence-corrected chi connectivity index (χ4v) is 3.57. The zero-order valence-corrected chi connectivity index (χ0v) is 15.7. The molecule has 0 N–H and O–H groups in total. The van der Waals surface area contributed by atoms with E-state index in [1.165, 1.54) is 29.9 Å². The Labute approximate surface area is 129 Å². The summed E-state index contributed by atoms with van der Waals surface area (Å²) >= 11 is 0. The first-order chi connectivity index (χ1) is 9.72. The molecule has 21 heavy (non-hydrogen) atoms. The molecule has 8 nitrogen and oxygen atoms in total. The Morgan fingerprint density at radius 3 is 1.10 bits per heavy atom. The van der Waals surface area contributed by atoms with Crippen molar-refractivity contribution in [3.63, 3.8) is 0 Å². The molecule has 0 atom stereocenters. The van der Waals surface area contributed by atoms with Gasteiger partial charge in [0.15, 0.2) is 0 Å². The summed E-state index contributed by atoms with van der Waals surface area (Å²) in [7, 11) is -2.59. The second kappa shape index (κ2) is 11.5. The van der Waals surface area contributed by atoms with E-state index in [1.807, 2.05) is 27.7 Å². The van der Waals surface area contributed by atoms with Crippen molar-refractivity contribution < 1.29 is 26.6 Å². The van der Waals surface area contributed by atoms with Crippen LogP contribution in [-0.2, 0) is 28.3 Å². The standard InChI is InChI=1S/C8H20N2O2S.C3H9O4P/c1-5-9(6-2)13(11,12)10(7-3)8-4;1-5-8(4,6-2)7-3/h5-8H2,1-4H3;1-3H3. The van der Waals surface area contributed by atoms with Gasteiger partial charge in [-0.1, -0.05) is 27.7 Å². The van der Waals surface area contributed by atoms with Crippen LogP contribution in [0.1, 0.15) is 27.7 Å². The number of nitrogens with zero attached hydrogens (tertiary/aromatic N) is 2. The second-order valence-electron chi connectivity index (χ2n) is 3.67. The van der Waals surface area contributed by atoms with E-state index in [0.717, 1.165) is 0 Å². The Hall–Kier alpha value is -0.0200. The molecule has 0 aliphatic rings. The van der Waals surface area contributed by atoms with Crippen molar-refractivity contribution in [2.24, 2.45) is 0 Å². The van der Waals surface area contributed by atoms with Gasteiger partial charge in [0.25, 0.3) is 10.2 Å². The normalized spacial score (nSPS) is 12.4. The molecule has 0 aromatic carbocycles. The topological polar surface area (TPSA) is 85.4 Å². The molecule has 0 bridgehead atoms. The molecule has 0 spiro atoms. The molecule has 0 radical (unpaired) electrons. The van der Waals surface area contributed by atoms with Crippen LogP contribution in [0, 0.1) is 0 Å². The minimum Gasteiger partial charge on any atom is -0.290 e. The lowest BCUT2D eigenvalue weighted by atomic mass is 10.7. The highest BCUT2D eigenvalue weighted by atomic mass is 32.2. The van der Waals surface area contributed by atoms with Gasteiger partial charge in [-0.05, 0) is 0 Å². The molecule has 0 heterocycles. The summed E-state index contributed by atoms with van der Waals surface area (Å²) < 4.78 is 50.3. The summed E-state index contributed by atoms with van der Waals surface area (Å²) in [6.07, 6.45) is 0. The summed E-state index contributed by atoms with van der Waals surface area (Å²) in [6, 6.07) is 0. The molecule has 0 saturated carbocycles. The van der Waals surface area contributed by atoms with E-state index >= 15 is 0 Å². The van der Waals surface area contributed by atoms with Crippen LogP contribution in [0.25, 0.3) is 0 Å². The first-order valence-electron chi connectivity index (χ1n) is 6.75. The third kappa shape index (κ3) is 7.69. The molecular weight excluding hydrogens is 319 g/mol. The minimum atomic E-state index is -3.20. The van der Waals surface area contributed by atoms with Gasteiger partial charge in [-0.25, -0.2) is 4.57 Å². The highest BCUT2D eigenvalue weighted by Gasteiger charge is 2.24. The number of phosphoric acid groups is 1. The number of hydrogen-bond acceptors (Lipinski definition) is 6. The largest absolute Gasteiger partial charge is 0.473 e. The van der Waals surface area contributed by atoms with Crippen LogP contribution in [0.5, 0.6) is 0 Å². The molecule has 0 aromatic rings. The molecule has 0 amide bonds. The monoisotopic (exact) mass is 348 g/mol. The molecule has 0 saturated heterocycles. The Kier molecular flexibility index (Phi) is 12.8. The average Bonchev–Trinajstić information content (AvgIpc) is 2.49. The van der Waals surface area contributed by atoms with Crippen LogP contribution in [0.2, 0.25) is 0 Å². The Morgan fingerprint density at radius 2 is 1.00 bits per heavy atom. The molecule has 0 rings (SSSR count). The molecular formula is C11H29N2O6PS. The average molecular weight is 348 g/mol. The Balaban J connectivity index is 0. The van der Waals surface area contributed by atoms with E-state index in [2.05, 4.69) is 13.6 Å². The van der Waals surface area contributed by atoms with E-state index in [-0.39, 0.29) is 0 Å². The highest BCUT2D eigenvalue weighted by molar-refractivity contribution is 7.86. The lowest BCUT2D eigenvalue weighted by Gasteiger charge is -2.26. The molecule has 10 heteroatoms. The molecule has 0 aliphatic heterocycles. The van der Waals surface area contributed by atoms with Gasteiger partial charge in [-0.3, -0.25) is 13.6 Å². The predicted molar refractivity (Wildman–Crippen MR) is 83.4 cm³/mol. The van der Waals surface area contributed by atoms with Crippen molar-refractivity contribution in [2.75, 3.05) is 47.5 Å².